The van der Waals surface area contributed by atoms with Crippen molar-refractivity contribution in [2.45, 2.75) is 32.2 Å². The summed E-state index contributed by atoms with van der Waals surface area (Å²) in [5.41, 5.74) is 2.29. The van der Waals surface area contributed by atoms with Crippen LogP contribution in [0.2, 0.25) is 0 Å². The Morgan fingerprint density at radius 2 is 1.59 bits per heavy atom. The van der Waals surface area contributed by atoms with Gasteiger partial charge in [0, 0.05) is 29.6 Å². The SMILES string of the molecule is COc1cc(CNCCCCCCN2C(=O)c3cccc4cccc(c34)C2=O)ccc1O. The third-order valence-electron chi connectivity index (χ3n) is 5.91. The van der Waals surface area contributed by atoms with E-state index in [0.717, 1.165) is 48.6 Å². The number of rotatable bonds is 10. The van der Waals surface area contributed by atoms with Crippen molar-refractivity contribution in [3.63, 3.8) is 0 Å². The lowest BCUT2D eigenvalue weighted by molar-refractivity contribution is 0.0607. The van der Waals surface area contributed by atoms with Crippen molar-refractivity contribution in [2.24, 2.45) is 0 Å². The number of aromatic hydroxyl groups is 1. The summed E-state index contributed by atoms with van der Waals surface area (Å²) in [6.07, 6.45) is 3.79. The van der Waals surface area contributed by atoms with Crippen molar-refractivity contribution >= 4 is 22.6 Å². The molecule has 2 amide bonds. The largest absolute Gasteiger partial charge is 0.504 e. The third kappa shape index (κ3) is 4.46. The van der Waals surface area contributed by atoms with Gasteiger partial charge in [0.05, 0.1) is 7.11 Å². The maximum atomic E-state index is 12.9. The first-order valence-corrected chi connectivity index (χ1v) is 11.0. The van der Waals surface area contributed by atoms with Gasteiger partial charge in [0.15, 0.2) is 11.5 Å². The second-order valence-corrected chi connectivity index (χ2v) is 8.07. The topological polar surface area (TPSA) is 78.9 Å². The number of carbonyl (C=O) groups excluding carboxylic acids is 2. The van der Waals surface area contributed by atoms with Crippen molar-refractivity contribution in [3.8, 4) is 11.5 Å². The maximum Gasteiger partial charge on any atom is 0.261 e. The average Bonchev–Trinajstić information content (AvgIpc) is 2.81. The lowest BCUT2D eigenvalue weighted by atomic mass is 9.94. The molecular weight excluding hydrogens is 404 g/mol. The fourth-order valence-corrected chi connectivity index (χ4v) is 4.22. The Hall–Kier alpha value is -3.38. The van der Waals surface area contributed by atoms with Crippen LogP contribution < -0.4 is 10.1 Å². The lowest BCUT2D eigenvalue weighted by Crippen LogP contribution is -2.40. The van der Waals surface area contributed by atoms with Crippen LogP contribution in [0.3, 0.4) is 0 Å². The smallest absolute Gasteiger partial charge is 0.261 e. The summed E-state index contributed by atoms with van der Waals surface area (Å²) >= 11 is 0. The van der Waals surface area contributed by atoms with Crippen LogP contribution in [-0.4, -0.2) is 42.0 Å². The van der Waals surface area contributed by atoms with Gasteiger partial charge in [0.25, 0.3) is 11.8 Å². The predicted octanol–water partition coefficient (Wildman–Crippen LogP) is 4.50. The number of amides is 2. The number of nitrogens with zero attached hydrogens (tertiary/aromatic N) is 1. The molecule has 166 valence electrons. The highest BCUT2D eigenvalue weighted by Gasteiger charge is 2.31. The van der Waals surface area contributed by atoms with Gasteiger partial charge in [-0.1, -0.05) is 43.2 Å². The Morgan fingerprint density at radius 1 is 0.906 bits per heavy atom. The Morgan fingerprint density at radius 3 is 2.28 bits per heavy atom. The zero-order valence-electron chi connectivity index (χ0n) is 18.3. The second kappa shape index (κ2) is 9.83. The zero-order chi connectivity index (χ0) is 22.5. The van der Waals surface area contributed by atoms with E-state index in [4.69, 9.17) is 4.74 Å². The van der Waals surface area contributed by atoms with Crippen molar-refractivity contribution in [3.05, 3.63) is 71.3 Å². The van der Waals surface area contributed by atoms with Crippen LogP contribution in [0.1, 0.15) is 52.0 Å². The highest BCUT2D eigenvalue weighted by Crippen LogP contribution is 2.30. The number of nitrogens with one attached hydrogen (secondary N) is 1. The van der Waals surface area contributed by atoms with Crippen molar-refractivity contribution < 1.29 is 19.4 Å². The first kappa shape index (κ1) is 21.8. The van der Waals surface area contributed by atoms with E-state index in [1.807, 2.05) is 48.5 Å². The number of imide groups is 1. The molecule has 3 aromatic rings. The van der Waals surface area contributed by atoms with Crippen LogP contribution >= 0.6 is 0 Å². The summed E-state index contributed by atoms with van der Waals surface area (Å²) in [5, 5.41) is 14.7. The Balaban J connectivity index is 1.20. The molecule has 0 saturated heterocycles. The maximum absolute atomic E-state index is 12.9. The van der Waals surface area contributed by atoms with E-state index in [1.165, 1.54) is 12.0 Å². The molecule has 2 N–H and O–H groups in total. The summed E-state index contributed by atoms with van der Waals surface area (Å²) in [6.45, 7) is 2.03. The van der Waals surface area contributed by atoms with E-state index in [0.29, 0.717) is 30.0 Å². The quantitative estimate of drug-likeness (QED) is 0.364. The normalized spacial score (nSPS) is 13.1. The molecule has 0 bridgehead atoms. The van der Waals surface area contributed by atoms with E-state index in [9.17, 15) is 14.7 Å². The molecule has 4 rings (SSSR count). The molecule has 0 fully saturated rings. The number of benzene rings is 3. The molecule has 1 aliphatic rings. The van der Waals surface area contributed by atoms with Gasteiger partial charge >= 0.3 is 0 Å². The minimum Gasteiger partial charge on any atom is -0.504 e. The van der Waals surface area contributed by atoms with Crippen LogP contribution in [0.15, 0.2) is 54.6 Å². The fourth-order valence-electron chi connectivity index (χ4n) is 4.22. The van der Waals surface area contributed by atoms with Gasteiger partial charge in [0.2, 0.25) is 0 Å². The number of phenolic OH excluding ortho intramolecular Hbond substituents is 1. The molecule has 0 aliphatic carbocycles. The minimum atomic E-state index is -0.190. The van der Waals surface area contributed by atoms with Crippen LogP contribution in [0, 0.1) is 0 Å². The Bertz CT molecular complexity index is 1090. The highest BCUT2D eigenvalue weighted by molar-refractivity contribution is 6.25. The zero-order valence-corrected chi connectivity index (χ0v) is 18.3. The molecule has 6 nitrogen and oxygen atoms in total. The molecule has 1 aliphatic heterocycles. The highest BCUT2D eigenvalue weighted by atomic mass is 16.5. The van der Waals surface area contributed by atoms with Crippen molar-refractivity contribution in [2.75, 3.05) is 20.2 Å². The van der Waals surface area contributed by atoms with Gasteiger partial charge in [0.1, 0.15) is 0 Å². The number of carbonyl (C=O) groups is 2. The molecule has 3 aromatic carbocycles. The number of hydrogen-bond acceptors (Lipinski definition) is 5. The van der Waals surface area contributed by atoms with Gasteiger partial charge in [-0.2, -0.15) is 0 Å². The number of unbranched alkanes of at least 4 members (excludes halogenated alkanes) is 3. The van der Waals surface area contributed by atoms with Crippen LogP contribution in [0.4, 0.5) is 0 Å². The molecule has 0 aromatic heterocycles. The van der Waals surface area contributed by atoms with Gasteiger partial charge in [-0.15, -0.1) is 0 Å². The fraction of sp³-hybridized carbons (Fsp3) is 0.308. The lowest BCUT2D eigenvalue weighted by Gasteiger charge is -2.27. The van der Waals surface area contributed by atoms with E-state index in [1.54, 1.807) is 6.07 Å². The molecule has 0 spiro atoms. The third-order valence-corrected chi connectivity index (χ3v) is 5.91. The standard InChI is InChI=1S/C26H28N2O4/c1-32-23-16-18(12-13-22(23)29)17-27-14-4-2-3-5-15-28-25(30)20-10-6-8-19-9-7-11-21(24(19)20)26(28)31/h6-13,16,27,29H,2-5,14-15,17H2,1H3. The van der Waals surface area contributed by atoms with Gasteiger partial charge in [-0.05, 0) is 54.6 Å². The van der Waals surface area contributed by atoms with E-state index >= 15 is 0 Å². The number of phenols is 1. The Kier molecular flexibility index (Phi) is 6.71. The summed E-state index contributed by atoms with van der Waals surface area (Å²) in [6, 6.07) is 16.6. The minimum absolute atomic E-state index is 0.141. The monoisotopic (exact) mass is 432 g/mol. The first-order chi connectivity index (χ1) is 15.6. The molecule has 32 heavy (non-hydrogen) atoms. The molecule has 0 unspecified atom stereocenters. The van der Waals surface area contributed by atoms with E-state index in [-0.39, 0.29) is 17.6 Å². The van der Waals surface area contributed by atoms with E-state index in [2.05, 4.69) is 5.32 Å². The number of methoxy groups -OCH3 is 1. The second-order valence-electron chi connectivity index (χ2n) is 8.07. The number of hydrogen-bond donors (Lipinski definition) is 2. The van der Waals surface area contributed by atoms with Gasteiger partial charge in [-0.3, -0.25) is 14.5 Å². The van der Waals surface area contributed by atoms with Crippen molar-refractivity contribution in [1.82, 2.24) is 10.2 Å². The average molecular weight is 433 g/mol. The first-order valence-electron chi connectivity index (χ1n) is 11.0. The molecule has 1 heterocycles. The summed E-state index contributed by atoms with van der Waals surface area (Å²) in [4.78, 5) is 27.2. The van der Waals surface area contributed by atoms with Crippen LogP contribution in [0.25, 0.3) is 10.8 Å². The van der Waals surface area contributed by atoms with Gasteiger partial charge < -0.3 is 15.2 Å². The predicted molar refractivity (Wildman–Crippen MR) is 124 cm³/mol. The van der Waals surface area contributed by atoms with E-state index < -0.39 is 0 Å². The summed E-state index contributed by atoms with van der Waals surface area (Å²) in [5.74, 6) is 0.239. The molecule has 0 radical (unpaired) electrons. The molecule has 0 atom stereocenters. The Labute approximate surface area is 187 Å². The molecular formula is C26H28N2O4. The summed E-state index contributed by atoms with van der Waals surface area (Å²) in [7, 11) is 1.54. The van der Waals surface area contributed by atoms with Crippen molar-refractivity contribution in [1.29, 1.82) is 0 Å². The summed E-state index contributed by atoms with van der Waals surface area (Å²) < 4.78 is 5.13. The van der Waals surface area contributed by atoms with Crippen LogP contribution in [0.5, 0.6) is 11.5 Å². The van der Waals surface area contributed by atoms with Gasteiger partial charge in [-0.25, -0.2) is 0 Å². The molecule has 6 heteroatoms. The number of ether oxygens (including phenoxy) is 1. The molecule has 0 saturated carbocycles. The van der Waals surface area contributed by atoms with Crippen LogP contribution in [-0.2, 0) is 6.54 Å².